The highest BCUT2D eigenvalue weighted by Gasteiger charge is 2.30. The van der Waals surface area contributed by atoms with Crippen LogP contribution >= 0.6 is 23.4 Å². The van der Waals surface area contributed by atoms with Crippen LogP contribution in [-0.4, -0.2) is 52.1 Å². The Hall–Kier alpha value is -5.86. The number of rotatable bonds is 13. The maximum absolute atomic E-state index is 13.9. The third kappa shape index (κ3) is 13.6. The number of ether oxygens (including phenoxy) is 3. The van der Waals surface area contributed by atoms with Crippen molar-refractivity contribution in [3.63, 3.8) is 0 Å². The summed E-state index contributed by atoms with van der Waals surface area (Å²) in [5.74, 6) is -2.37. The lowest BCUT2D eigenvalue weighted by Crippen LogP contribution is -2.39. The topological polar surface area (TPSA) is 146 Å². The highest BCUT2D eigenvalue weighted by atomic mass is 35.5. The summed E-state index contributed by atoms with van der Waals surface area (Å²) in [5.41, 5.74) is 1.95. The Bertz CT molecular complexity index is 2290. The van der Waals surface area contributed by atoms with E-state index in [9.17, 15) is 28.0 Å². The molecule has 0 radical (unpaired) electrons. The van der Waals surface area contributed by atoms with Gasteiger partial charge in [-0.05, 0) is 99.1 Å². The standard InChI is InChI=1S/C27H27FN2O4S.C20H20ClFN2O3/c1-35-23-9-5-8-22(15-23)34-26-24(14-20(28)16-29-26)25(31)30-21-12-10-19(11-13-21)27(32)33-17-18-6-3-2-4-7-18;21-18-17(10-15(22)11-23-18)19(25)24-16-8-6-14(7-9-16)20(26)27-12-13-4-2-1-3-5-13/h2-9,14-16,19,21H,10-13,17H2,1H3,(H,30,31);1-5,10-11,14,16H,6-9,12H2,(H,24,25). The summed E-state index contributed by atoms with van der Waals surface area (Å²) in [6, 6.07) is 28.4. The van der Waals surface area contributed by atoms with Crippen LogP contribution in [0.5, 0.6) is 11.6 Å². The maximum atomic E-state index is 13.9. The second-order valence-electron chi connectivity index (χ2n) is 15.0. The Morgan fingerprint density at radius 1 is 0.645 bits per heavy atom. The third-order valence-corrected chi connectivity index (χ3v) is 11.6. The minimum atomic E-state index is -0.620. The van der Waals surface area contributed by atoms with E-state index in [4.69, 9.17) is 25.8 Å². The number of hydrogen-bond donors (Lipinski definition) is 2. The van der Waals surface area contributed by atoms with Crippen molar-refractivity contribution in [1.29, 1.82) is 0 Å². The third-order valence-electron chi connectivity index (χ3n) is 10.6. The molecule has 7 rings (SSSR count). The van der Waals surface area contributed by atoms with E-state index in [0.29, 0.717) is 57.1 Å². The number of nitrogens with zero attached hydrogens (tertiary/aromatic N) is 2. The highest BCUT2D eigenvalue weighted by Crippen LogP contribution is 2.30. The minimum absolute atomic E-state index is 0.0149. The number of pyridine rings is 2. The zero-order chi connectivity index (χ0) is 43.8. The van der Waals surface area contributed by atoms with Gasteiger partial charge >= 0.3 is 11.9 Å². The van der Waals surface area contributed by atoms with E-state index < -0.39 is 23.4 Å². The number of hydrogen-bond acceptors (Lipinski definition) is 10. The van der Waals surface area contributed by atoms with Gasteiger partial charge in [0, 0.05) is 17.0 Å². The molecular formula is C47H47ClF2N4O7S. The summed E-state index contributed by atoms with van der Waals surface area (Å²) in [5, 5.41) is 5.75. The number of carbonyl (C=O) groups excluding carboxylic acids is 4. The number of esters is 2. The summed E-state index contributed by atoms with van der Waals surface area (Å²) in [4.78, 5) is 58.6. The number of amides is 2. The number of benzene rings is 3. The summed E-state index contributed by atoms with van der Waals surface area (Å²) < 4.78 is 43.9. The Kier molecular flexibility index (Phi) is 16.8. The fourth-order valence-corrected chi connectivity index (χ4v) is 7.83. The largest absolute Gasteiger partial charge is 0.461 e. The molecule has 2 aliphatic rings. The van der Waals surface area contributed by atoms with Crippen LogP contribution in [-0.2, 0) is 32.3 Å². The van der Waals surface area contributed by atoms with Crippen molar-refractivity contribution < 1.29 is 42.2 Å². The number of carbonyl (C=O) groups is 4. The predicted octanol–water partition coefficient (Wildman–Crippen LogP) is 9.67. The van der Waals surface area contributed by atoms with Crippen molar-refractivity contribution in [1.82, 2.24) is 20.6 Å². The zero-order valence-electron chi connectivity index (χ0n) is 34.1. The van der Waals surface area contributed by atoms with Gasteiger partial charge in [0.25, 0.3) is 11.8 Å². The molecule has 2 aliphatic carbocycles. The first kappa shape index (κ1) is 45.7. The first-order valence-corrected chi connectivity index (χ1v) is 22.0. The molecule has 2 saturated carbocycles. The molecule has 0 aliphatic heterocycles. The summed E-state index contributed by atoms with van der Waals surface area (Å²) >= 11 is 7.42. The Balaban J connectivity index is 0.000000214. The highest BCUT2D eigenvalue weighted by molar-refractivity contribution is 7.98. The lowest BCUT2D eigenvalue weighted by Gasteiger charge is -2.28. The maximum Gasteiger partial charge on any atom is 0.309 e. The fraction of sp³-hybridized carbons (Fsp3) is 0.319. The second kappa shape index (κ2) is 22.8. The van der Waals surface area contributed by atoms with E-state index in [1.54, 1.807) is 17.8 Å². The summed E-state index contributed by atoms with van der Waals surface area (Å²) in [6.45, 7) is 0.521. The van der Waals surface area contributed by atoms with Crippen molar-refractivity contribution in [2.45, 2.75) is 81.6 Å². The van der Waals surface area contributed by atoms with Crippen molar-refractivity contribution in [2.24, 2.45) is 11.8 Å². The summed E-state index contributed by atoms with van der Waals surface area (Å²) in [7, 11) is 0. The normalized spacial score (nSPS) is 18.3. The van der Waals surface area contributed by atoms with Gasteiger partial charge in [0.15, 0.2) is 0 Å². The van der Waals surface area contributed by atoms with Crippen LogP contribution in [0.15, 0.2) is 114 Å². The molecule has 2 aromatic heterocycles. The van der Waals surface area contributed by atoms with E-state index in [2.05, 4.69) is 20.6 Å². The molecule has 2 heterocycles. The predicted molar refractivity (Wildman–Crippen MR) is 231 cm³/mol. The molecule has 0 saturated heterocycles. The number of thioether (sulfide) groups is 1. The van der Waals surface area contributed by atoms with E-state index in [-0.39, 0.29) is 71.2 Å². The van der Waals surface area contributed by atoms with Gasteiger partial charge in [-0.2, -0.15) is 0 Å². The van der Waals surface area contributed by atoms with Crippen LogP contribution in [0.4, 0.5) is 8.78 Å². The van der Waals surface area contributed by atoms with Crippen LogP contribution in [0.25, 0.3) is 0 Å². The molecule has 11 nitrogen and oxygen atoms in total. The molecule has 0 bridgehead atoms. The van der Waals surface area contributed by atoms with Gasteiger partial charge in [-0.3, -0.25) is 19.2 Å². The first-order chi connectivity index (χ1) is 30.0. The van der Waals surface area contributed by atoms with Crippen molar-refractivity contribution in [3.05, 3.63) is 148 Å². The van der Waals surface area contributed by atoms with E-state index >= 15 is 0 Å². The average Bonchev–Trinajstić information content (AvgIpc) is 3.30. The quantitative estimate of drug-likeness (QED) is 0.0666. The van der Waals surface area contributed by atoms with Gasteiger partial charge in [-0.15, -0.1) is 11.8 Å². The molecule has 2 fully saturated rings. The lowest BCUT2D eigenvalue weighted by molar-refractivity contribution is -0.152. The van der Waals surface area contributed by atoms with Crippen LogP contribution in [0.1, 0.15) is 83.2 Å². The molecular weight excluding hydrogens is 838 g/mol. The van der Waals surface area contributed by atoms with Gasteiger partial charge in [-0.1, -0.05) is 78.3 Å². The molecule has 3 aromatic carbocycles. The molecule has 62 heavy (non-hydrogen) atoms. The van der Waals surface area contributed by atoms with Gasteiger partial charge < -0.3 is 24.8 Å². The lowest BCUT2D eigenvalue weighted by atomic mass is 9.86. The number of nitrogens with one attached hydrogen (secondary N) is 2. The minimum Gasteiger partial charge on any atom is -0.461 e. The number of aromatic nitrogens is 2. The van der Waals surface area contributed by atoms with Gasteiger partial charge in [-0.25, -0.2) is 18.7 Å². The molecule has 324 valence electrons. The van der Waals surface area contributed by atoms with Crippen LogP contribution < -0.4 is 15.4 Å². The number of halogens is 3. The monoisotopic (exact) mass is 884 g/mol. The molecule has 0 unspecified atom stereocenters. The summed E-state index contributed by atoms with van der Waals surface area (Å²) in [6.07, 6.45) is 9.00. The Morgan fingerprint density at radius 2 is 1.13 bits per heavy atom. The van der Waals surface area contributed by atoms with Crippen LogP contribution in [0.3, 0.4) is 0 Å². The molecule has 2 amide bonds. The van der Waals surface area contributed by atoms with Gasteiger partial charge in [0.2, 0.25) is 5.88 Å². The molecule has 15 heteroatoms. The molecule has 5 aromatic rings. The average molecular weight is 885 g/mol. The first-order valence-electron chi connectivity index (χ1n) is 20.4. The van der Waals surface area contributed by atoms with Crippen LogP contribution in [0, 0.1) is 23.5 Å². The Labute approximate surface area is 368 Å². The van der Waals surface area contributed by atoms with E-state index in [1.807, 2.05) is 85.1 Å². The van der Waals surface area contributed by atoms with Crippen LogP contribution in [0.2, 0.25) is 5.15 Å². The molecule has 2 N–H and O–H groups in total. The smallest absolute Gasteiger partial charge is 0.309 e. The fourth-order valence-electron chi connectivity index (χ4n) is 7.20. The molecule has 0 atom stereocenters. The van der Waals surface area contributed by atoms with Gasteiger partial charge in [0.05, 0.1) is 29.8 Å². The van der Waals surface area contributed by atoms with E-state index in [1.165, 1.54) is 0 Å². The second-order valence-corrected chi connectivity index (χ2v) is 16.2. The van der Waals surface area contributed by atoms with Crippen molar-refractivity contribution >= 4 is 47.1 Å². The molecule has 0 spiro atoms. The zero-order valence-corrected chi connectivity index (χ0v) is 35.6. The van der Waals surface area contributed by atoms with Crippen molar-refractivity contribution in [3.8, 4) is 11.6 Å². The van der Waals surface area contributed by atoms with Gasteiger partial charge in [0.1, 0.15) is 41.3 Å². The SMILES string of the molecule is CSc1cccc(Oc2ncc(F)cc2C(=O)NC2CCC(C(=O)OCc3ccccc3)CC2)c1.O=C(NC1CCC(C(=O)OCc2ccccc2)CC1)c1cc(F)cnc1Cl. The Morgan fingerprint density at radius 3 is 1.65 bits per heavy atom. The van der Waals surface area contributed by atoms with E-state index in [0.717, 1.165) is 40.5 Å². The van der Waals surface area contributed by atoms with Crippen molar-refractivity contribution in [2.75, 3.05) is 6.26 Å².